The largest absolute Gasteiger partial charge is 0.362 e. The molecular formula is C25H32N4OS. The Hall–Kier alpha value is -2.60. The van der Waals surface area contributed by atoms with E-state index in [0.29, 0.717) is 5.56 Å². The number of carbonyl (C=O) groups excluding carboxylic acids is 1. The molecule has 1 unspecified atom stereocenters. The first-order valence-corrected chi connectivity index (χ1v) is 12.0. The van der Waals surface area contributed by atoms with Crippen molar-refractivity contribution in [3.05, 3.63) is 69.5 Å². The molecule has 1 aliphatic heterocycles. The average Bonchev–Trinajstić information content (AvgIpc) is 3.40. The van der Waals surface area contributed by atoms with Crippen molar-refractivity contribution in [1.82, 2.24) is 15.1 Å². The molecule has 0 spiro atoms. The van der Waals surface area contributed by atoms with Crippen LogP contribution in [-0.4, -0.2) is 15.7 Å². The summed E-state index contributed by atoms with van der Waals surface area (Å²) in [6.07, 6.45) is 2.55. The first-order valence-electron chi connectivity index (χ1n) is 11.1. The summed E-state index contributed by atoms with van der Waals surface area (Å²) in [5.41, 5.74) is 1.95. The quantitative estimate of drug-likeness (QED) is 0.499. The Balaban J connectivity index is 1.72. The maximum Gasteiger partial charge on any atom is 0.257 e. The summed E-state index contributed by atoms with van der Waals surface area (Å²) in [7, 11) is 0. The highest BCUT2D eigenvalue weighted by atomic mass is 32.1. The van der Waals surface area contributed by atoms with Gasteiger partial charge in [-0.1, -0.05) is 50.2 Å². The van der Waals surface area contributed by atoms with E-state index in [1.54, 1.807) is 11.3 Å². The number of nitrogens with one attached hydrogen (secondary N) is 2. The number of benzene rings is 1. The SMILES string of the molecule is CCC(CC)(NC(=O)c1c(C)nn2c1NC(c1cccs1)CC2(C)C)c1ccccc1. The lowest BCUT2D eigenvalue weighted by atomic mass is 9.84. The molecule has 0 aliphatic carbocycles. The highest BCUT2D eigenvalue weighted by molar-refractivity contribution is 7.10. The summed E-state index contributed by atoms with van der Waals surface area (Å²) in [4.78, 5) is 15.0. The average molecular weight is 437 g/mol. The molecule has 1 aliphatic rings. The molecule has 0 fully saturated rings. The standard InChI is InChI=1S/C25H32N4OS/c1-6-25(7-2,18-12-9-8-10-13-18)27-23(30)21-17(3)28-29-22(21)26-19(16-24(29,4)5)20-14-11-15-31-20/h8-15,19,26H,6-7,16H2,1-5H3,(H,27,30). The van der Waals surface area contributed by atoms with Crippen molar-refractivity contribution < 1.29 is 4.79 Å². The summed E-state index contributed by atoms with van der Waals surface area (Å²) >= 11 is 1.75. The minimum Gasteiger partial charge on any atom is -0.362 e. The van der Waals surface area contributed by atoms with Gasteiger partial charge >= 0.3 is 0 Å². The van der Waals surface area contributed by atoms with Gasteiger partial charge in [0.15, 0.2) is 0 Å². The Kier molecular flexibility index (Phi) is 5.69. The third-order valence-corrected chi connectivity index (χ3v) is 7.63. The molecule has 1 atom stereocenters. The number of rotatable bonds is 6. The van der Waals surface area contributed by atoms with E-state index < -0.39 is 5.54 Å². The van der Waals surface area contributed by atoms with Crippen LogP contribution in [0.15, 0.2) is 47.8 Å². The van der Waals surface area contributed by atoms with Gasteiger partial charge in [0.1, 0.15) is 11.4 Å². The lowest BCUT2D eigenvalue weighted by Crippen LogP contribution is -2.45. The summed E-state index contributed by atoms with van der Waals surface area (Å²) in [6, 6.07) is 14.7. The molecule has 3 aromatic rings. The molecule has 1 aromatic carbocycles. The van der Waals surface area contributed by atoms with Crippen LogP contribution in [0.5, 0.6) is 0 Å². The number of amides is 1. The van der Waals surface area contributed by atoms with E-state index in [4.69, 9.17) is 5.10 Å². The van der Waals surface area contributed by atoms with E-state index >= 15 is 0 Å². The zero-order valence-corrected chi connectivity index (χ0v) is 19.8. The van der Waals surface area contributed by atoms with Crippen molar-refractivity contribution in [2.75, 3.05) is 5.32 Å². The van der Waals surface area contributed by atoms with Crippen molar-refractivity contribution in [3.8, 4) is 0 Å². The predicted molar refractivity (Wildman–Crippen MR) is 128 cm³/mol. The second-order valence-electron chi connectivity index (χ2n) is 9.06. The topological polar surface area (TPSA) is 59.0 Å². The van der Waals surface area contributed by atoms with E-state index in [1.165, 1.54) is 4.88 Å². The molecule has 0 bridgehead atoms. The fourth-order valence-corrected chi connectivity index (χ4v) is 5.56. The Morgan fingerprint density at radius 3 is 2.55 bits per heavy atom. The zero-order valence-electron chi connectivity index (χ0n) is 19.0. The highest BCUT2D eigenvalue weighted by Gasteiger charge is 2.39. The number of anilines is 1. The summed E-state index contributed by atoms with van der Waals surface area (Å²) in [5, 5.41) is 13.9. The van der Waals surface area contributed by atoms with Gasteiger partial charge in [-0.3, -0.25) is 4.79 Å². The summed E-state index contributed by atoms with van der Waals surface area (Å²) < 4.78 is 2.00. The van der Waals surface area contributed by atoms with Gasteiger partial charge in [0.05, 0.1) is 22.8 Å². The molecular weight excluding hydrogens is 404 g/mol. The number of hydrogen-bond acceptors (Lipinski definition) is 4. The molecule has 5 nitrogen and oxygen atoms in total. The number of aryl methyl sites for hydroxylation is 1. The molecule has 4 rings (SSSR count). The molecule has 6 heteroatoms. The number of hydrogen-bond donors (Lipinski definition) is 2. The number of thiophene rings is 1. The monoisotopic (exact) mass is 436 g/mol. The molecule has 164 valence electrons. The fourth-order valence-electron chi connectivity index (χ4n) is 4.78. The van der Waals surface area contributed by atoms with E-state index in [-0.39, 0.29) is 17.5 Å². The summed E-state index contributed by atoms with van der Waals surface area (Å²) in [6.45, 7) is 10.6. The van der Waals surface area contributed by atoms with Crippen LogP contribution in [0.3, 0.4) is 0 Å². The van der Waals surface area contributed by atoms with E-state index in [9.17, 15) is 4.79 Å². The number of fused-ring (bicyclic) bond motifs is 1. The van der Waals surface area contributed by atoms with Crippen LogP contribution in [0.2, 0.25) is 0 Å². The Bertz CT molecular complexity index is 1050. The first kappa shape index (κ1) is 21.6. The van der Waals surface area contributed by atoms with Crippen LogP contribution in [-0.2, 0) is 11.1 Å². The molecule has 0 saturated carbocycles. The molecule has 1 amide bonds. The van der Waals surface area contributed by atoms with Crippen molar-refractivity contribution in [2.45, 2.75) is 71.0 Å². The number of aromatic nitrogens is 2. The lowest BCUT2D eigenvalue weighted by Gasteiger charge is -2.38. The van der Waals surface area contributed by atoms with Crippen LogP contribution < -0.4 is 10.6 Å². The third-order valence-electron chi connectivity index (χ3n) is 6.65. The van der Waals surface area contributed by atoms with Crippen LogP contribution >= 0.6 is 11.3 Å². The zero-order chi connectivity index (χ0) is 22.2. The van der Waals surface area contributed by atoms with Crippen LogP contribution in [0.1, 0.15) is 79.5 Å². The fraction of sp³-hybridized carbons (Fsp3) is 0.440. The molecule has 2 N–H and O–H groups in total. The molecule has 3 heterocycles. The van der Waals surface area contributed by atoms with Crippen LogP contribution in [0.4, 0.5) is 5.82 Å². The first-order chi connectivity index (χ1) is 14.8. The Morgan fingerprint density at radius 1 is 1.23 bits per heavy atom. The molecule has 0 radical (unpaired) electrons. The van der Waals surface area contributed by atoms with Gasteiger partial charge in [0.25, 0.3) is 5.91 Å². The lowest BCUT2D eigenvalue weighted by molar-refractivity contribution is 0.0889. The van der Waals surface area contributed by atoms with Crippen molar-refractivity contribution in [2.24, 2.45) is 0 Å². The Morgan fingerprint density at radius 2 is 1.94 bits per heavy atom. The van der Waals surface area contributed by atoms with Crippen LogP contribution in [0, 0.1) is 6.92 Å². The van der Waals surface area contributed by atoms with Crippen molar-refractivity contribution in [1.29, 1.82) is 0 Å². The Labute approximate surface area is 188 Å². The minimum atomic E-state index is -0.406. The van der Waals surface area contributed by atoms with Gasteiger partial charge in [-0.15, -0.1) is 11.3 Å². The predicted octanol–water partition coefficient (Wildman–Crippen LogP) is 5.99. The van der Waals surface area contributed by atoms with E-state index in [2.05, 4.69) is 68.0 Å². The van der Waals surface area contributed by atoms with Crippen molar-refractivity contribution >= 4 is 23.1 Å². The van der Waals surface area contributed by atoms with E-state index in [0.717, 1.165) is 36.3 Å². The van der Waals surface area contributed by atoms with Gasteiger partial charge < -0.3 is 10.6 Å². The molecule has 0 saturated heterocycles. The maximum atomic E-state index is 13.7. The van der Waals surface area contributed by atoms with Gasteiger partial charge in [-0.25, -0.2) is 4.68 Å². The smallest absolute Gasteiger partial charge is 0.257 e. The van der Waals surface area contributed by atoms with Crippen molar-refractivity contribution in [3.63, 3.8) is 0 Å². The summed E-state index contributed by atoms with van der Waals surface area (Å²) in [5.74, 6) is 0.750. The van der Waals surface area contributed by atoms with Gasteiger partial charge in [0, 0.05) is 4.88 Å². The van der Waals surface area contributed by atoms with Gasteiger partial charge in [0.2, 0.25) is 0 Å². The second-order valence-corrected chi connectivity index (χ2v) is 10.0. The van der Waals surface area contributed by atoms with E-state index in [1.807, 2.05) is 29.8 Å². The molecule has 2 aromatic heterocycles. The highest BCUT2D eigenvalue weighted by Crippen LogP contribution is 2.42. The normalized spacial score (nSPS) is 17.6. The second kappa shape index (κ2) is 8.15. The number of carbonyl (C=O) groups is 1. The van der Waals surface area contributed by atoms with Crippen LogP contribution in [0.25, 0.3) is 0 Å². The van der Waals surface area contributed by atoms with Gasteiger partial charge in [-0.05, 0) is 57.0 Å². The minimum absolute atomic E-state index is 0.0681. The maximum absolute atomic E-state index is 13.7. The molecule has 31 heavy (non-hydrogen) atoms. The number of nitrogens with zero attached hydrogens (tertiary/aromatic N) is 2. The van der Waals surface area contributed by atoms with Gasteiger partial charge in [-0.2, -0.15) is 5.10 Å². The third kappa shape index (κ3) is 3.78.